The van der Waals surface area contributed by atoms with E-state index >= 15 is 0 Å². The number of ether oxygens (including phenoxy) is 1. The Labute approximate surface area is 154 Å². The molecule has 2 fully saturated rings. The molecule has 2 atom stereocenters. The third-order valence-corrected chi connectivity index (χ3v) is 6.01. The fourth-order valence-corrected chi connectivity index (χ4v) is 4.70. The van der Waals surface area contributed by atoms with Gasteiger partial charge in [-0.3, -0.25) is 9.59 Å². The van der Waals surface area contributed by atoms with Gasteiger partial charge >= 0.3 is 0 Å². The van der Waals surface area contributed by atoms with Crippen molar-refractivity contribution in [2.24, 2.45) is 5.92 Å². The molecule has 0 aromatic heterocycles. The summed E-state index contributed by atoms with van der Waals surface area (Å²) in [6, 6.07) is 7.78. The molecule has 2 saturated heterocycles. The molecule has 3 aliphatic heterocycles. The molecule has 1 spiro atoms. The van der Waals surface area contributed by atoms with E-state index in [0.717, 1.165) is 36.9 Å². The highest BCUT2D eigenvalue weighted by Gasteiger charge is 2.51. The summed E-state index contributed by atoms with van der Waals surface area (Å²) < 4.78 is 5.50. The van der Waals surface area contributed by atoms with Crippen LogP contribution in [0.3, 0.4) is 0 Å². The Balaban J connectivity index is 1.61. The van der Waals surface area contributed by atoms with Crippen molar-refractivity contribution < 1.29 is 14.3 Å². The molecule has 4 rings (SSSR count). The van der Waals surface area contributed by atoms with E-state index < -0.39 is 5.54 Å². The van der Waals surface area contributed by atoms with Crippen LogP contribution in [0.15, 0.2) is 24.3 Å². The zero-order valence-electron chi connectivity index (χ0n) is 15.4. The Morgan fingerprint density at radius 1 is 1.27 bits per heavy atom. The second kappa shape index (κ2) is 7.00. The topological polar surface area (TPSA) is 61.9 Å². The summed E-state index contributed by atoms with van der Waals surface area (Å²) in [6.07, 6.45) is 2.48. The van der Waals surface area contributed by atoms with E-state index in [1.807, 2.05) is 36.2 Å². The molecule has 3 aliphatic rings. The van der Waals surface area contributed by atoms with Crippen molar-refractivity contribution in [1.82, 2.24) is 15.1 Å². The molecule has 6 heteroatoms. The molecule has 0 bridgehead atoms. The summed E-state index contributed by atoms with van der Waals surface area (Å²) in [5, 5.41) is 3.27. The number of benzene rings is 1. The van der Waals surface area contributed by atoms with Gasteiger partial charge in [0.05, 0.1) is 18.1 Å². The third-order valence-electron chi connectivity index (χ3n) is 6.01. The van der Waals surface area contributed by atoms with Crippen molar-refractivity contribution in [1.29, 1.82) is 0 Å². The van der Waals surface area contributed by atoms with Crippen LogP contribution in [0, 0.1) is 5.92 Å². The van der Waals surface area contributed by atoms with Crippen molar-refractivity contribution in [2.75, 3.05) is 46.4 Å². The van der Waals surface area contributed by atoms with Gasteiger partial charge in [-0.2, -0.15) is 0 Å². The molecule has 0 unspecified atom stereocenters. The van der Waals surface area contributed by atoms with Gasteiger partial charge in [-0.25, -0.2) is 0 Å². The highest BCUT2D eigenvalue weighted by molar-refractivity contribution is 5.97. The Morgan fingerprint density at radius 3 is 3.00 bits per heavy atom. The van der Waals surface area contributed by atoms with Crippen LogP contribution in [-0.4, -0.2) is 73.6 Å². The van der Waals surface area contributed by atoms with E-state index in [9.17, 15) is 9.59 Å². The van der Waals surface area contributed by atoms with Gasteiger partial charge in [-0.1, -0.05) is 18.2 Å². The number of fused-ring (bicyclic) bond motifs is 1. The summed E-state index contributed by atoms with van der Waals surface area (Å²) in [7, 11) is 2.03. The van der Waals surface area contributed by atoms with E-state index in [1.54, 1.807) is 0 Å². The molecule has 0 aliphatic carbocycles. The normalized spacial score (nSPS) is 29.8. The standard InChI is InChI=1S/C20H27N3O3/c1-22-13-17(19(25)23-9-4-11-26-12-10-23)20(14-22)8-7-15-5-2-3-6-16(15)18(24)21-20/h2-3,5-6,17H,4,7-14H2,1H3,(H,21,24)/t17-,20+/m0/s1. The molecule has 140 valence electrons. The summed E-state index contributed by atoms with van der Waals surface area (Å²) in [5.74, 6) is -0.0969. The van der Waals surface area contributed by atoms with Crippen LogP contribution < -0.4 is 5.32 Å². The second-order valence-electron chi connectivity index (χ2n) is 7.81. The summed E-state index contributed by atoms with van der Waals surface area (Å²) in [4.78, 5) is 30.4. The molecule has 0 saturated carbocycles. The zero-order valence-corrected chi connectivity index (χ0v) is 15.4. The molecule has 1 aromatic carbocycles. The Hall–Kier alpha value is -1.92. The number of likely N-dealkylation sites (tertiary alicyclic amines) is 1. The van der Waals surface area contributed by atoms with Crippen molar-refractivity contribution in [3.63, 3.8) is 0 Å². The van der Waals surface area contributed by atoms with Crippen LogP contribution in [0.4, 0.5) is 0 Å². The molecule has 1 N–H and O–H groups in total. The quantitative estimate of drug-likeness (QED) is 0.812. The van der Waals surface area contributed by atoms with Crippen molar-refractivity contribution in [3.8, 4) is 0 Å². The van der Waals surface area contributed by atoms with Crippen LogP contribution in [0.25, 0.3) is 0 Å². The molecule has 1 aromatic rings. The number of rotatable bonds is 1. The average molecular weight is 357 g/mol. The molecule has 0 radical (unpaired) electrons. The maximum absolute atomic E-state index is 13.4. The van der Waals surface area contributed by atoms with Crippen LogP contribution in [0.1, 0.15) is 28.8 Å². The van der Waals surface area contributed by atoms with Crippen LogP contribution >= 0.6 is 0 Å². The van der Waals surface area contributed by atoms with E-state index in [1.165, 1.54) is 0 Å². The number of carbonyl (C=O) groups excluding carboxylic acids is 2. The highest BCUT2D eigenvalue weighted by Crippen LogP contribution is 2.35. The van der Waals surface area contributed by atoms with Crippen molar-refractivity contribution in [3.05, 3.63) is 35.4 Å². The van der Waals surface area contributed by atoms with E-state index in [0.29, 0.717) is 32.8 Å². The molecular formula is C20H27N3O3. The Kier molecular flexibility index (Phi) is 4.71. The first kappa shape index (κ1) is 17.5. The van der Waals surface area contributed by atoms with Gasteiger partial charge in [-0.05, 0) is 37.9 Å². The lowest BCUT2D eigenvalue weighted by Crippen LogP contribution is -2.58. The monoisotopic (exact) mass is 357 g/mol. The number of aryl methyl sites for hydroxylation is 1. The second-order valence-corrected chi connectivity index (χ2v) is 7.81. The minimum absolute atomic E-state index is 0.0506. The number of nitrogens with zero attached hydrogens (tertiary/aromatic N) is 2. The Morgan fingerprint density at radius 2 is 2.12 bits per heavy atom. The number of carbonyl (C=O) groups is 2. The SMILES string of the molecule is CN1C[C@@H](C(=O)N2CCCOCC2)[C@@]2(CCc3ccccc3C(=O)N2)C1. The molecule has 6 nitrogen and oxygen atoms in total. The molecule has 2 amide bonds. The van der Waals surface area contributed by atoms with Gasteiger partial charge in [0.15, 0.2) is 0 Å². The van der Waals surface area contributed by atoms with Crippen molar-refractivity contribution >= 4 is 11.8 Å². The van der Waals surface area contributed by atoms with E-state index in [2.05, 4.69) is 10.2 Å². The van der Waals surface area contributed by atoms with Gasteiger partial charge < -0.3 is 19.9 Å². The Bertz CT molecular complexity index is 699. The fraction of sp³-hybridized carbons (Fsp3) is 0.600. The summed E-state index contributed by atoms with van der Waals surface area (Å²) in [6.45, 7) is 4.09. The molecule has 26 heavy (non-hydrogen) atoms. The van der Waals surface area contributed by atoms with Crippen LogP contribution in [0.5, 0.6) is 0 Å². The first-order chi connectivity index (χ1) is 12.6. The number of hydrogen-bond acceptors (Lipinski definition) is 4. The lowest BCUT2D eigenvalue weighted by atomic mass is 9.81. The first-order valence-electron chi connectivity index (χ1n) is 9.54. The summed E-state index contributed by atoms with van der Waals surface area (Å²) in [5.41, 5.74) is 1.33. The maximum atomic E-state index is 13.4. The minimum atomic E-state index is -0.491. The van der Waals surface area contributed by atoms with E-state index in [4.69, 9.17) is 4.74 Å². The lowest BCUT2D eigenvalue weighted by molar-refractivity contribution is -0.137. The van der Waals surface area contributed by atoms with Gasteiger partial charge in [0.25, 0.3) is 5.91 Å². The van der Waals surface area contributed by atoms with Crippen LogP contribution in [-0.2, 0) is 16.0 Å². The van der Waals surface area contributed by atoms with Gasteiger partial charge in [0, 0.05) is 38.3 Å². The number of hydrogen-bond donors (Lipinski definition) is 1. The number of likely N-dealkylation sites (N-methyl/N-ethyl adjacent to an activating group) is 1. The van der Waals surface area contributed by atoms with E-state index in [-0.39, 0.29) is 17.7 Å². The van der Waals surface area contributed by atoms with Crippen LogP contribution in [0.2, 0.25) is 0 Å². The number of amides is 2. The zero-order chi connectivity index (χ0) is 18.1. The predicted octanol–water partition coefficient (Wildman–Crippen LogP) is 0.912. The van der Waals surface area contributed by atoms with Gasteiger partial charge in [-0.15, -0.1) is 0 Å². The molecular weight excluding hydrogens is 330 g/mol. The summed E-state index contributed by atoms with van der Waals surface area (Å²) >= 11 is 0. The first-order valence-corrected chi connectivity index (χ1v) is 9.54. The number of nitrogens with one attached hydrogen (secondary N) is 1. The lowest BCUT2D eigenvalue weighted by Gasteiger charge is -2.36. The van der Waals surface area contributed by atoms with Crippen molar-refractivity contribution in [2.45, 2.75) is 24.8 Å². The largest absolute Gasteiger partial charge is 0.380 e. The predicted molar refractivity (Wildman–Crippen MR) is 98.0 cm³/mol. The maximum Gasteiger partial charge on any atom is 0.252 e. The van der Waals surface area contributed by atoms with Gasteiger partial charge in [0.1, 0.15) is 0 Å². The minimum Gasteiger partial charge on any atom is -0.380 e. The smallest absolute Gasteiger partial charge is 0.252 e. The average Bonchev–Trinajstić information content (AvgIpc) is 2.82. The highest BCUT2D eigenvalue weighted by atomic mass is 16.5. The van der Waals surface area contributed by atoms with Gasteiger partial charge in [0.2, 0.25) is 5.91 Å². The fourth-order valence-electron chi connectivity index (χ4n) is 4.70. The third kappa shape index (κ3) is 3.12. The molecule has 3 heterocycles.